The highest BCUT2D eigenvalue weighted by molar-refractivity contribution is 6.30. The molecule has 70 valence electrons. The molecular formula is C10H12ClNO. The molecule has 1 aromatic rings. The van der Waals surface area contributed by atoms with Crippen molar-refractivity contribution in [2.24, 2.45) is 0 Å². The molecule has 3 heteroatoms. The molecule has 0 bridgehead atoms. The van der Waals surface area contributed by atoms with Crippen molar-refractivity contribution < 1.29 is 5.11 Å². The minimum atomic E-state index is 0.359. The smallest absolute Gasteiger partial charge is 0.119 e. The molecule has 2 nitrogen and oxygen atoms in total. The Balaban J connectivity index is 2.32. The van der Waals surface area contributed by atoms with E-state index in [2.05, 4.69) is 5.32 Å². The van der Waals surface area contributed by atoms with Crippen molar-refractivity contribution >= 4 is 11.6 Å². The number of nitrogens with one attached hydrogen (secondary N) is 1. The van der Waals surface area contributed by atoms with Gasteiger partial charge in [0.05, 0.1) is 0 Å². The van der Waals surface area contributed by atoms with Crippen molar-refractivity contribution in [3.63, 3.8) is 0 Å². The third-order valence-electron chi connectivity index (χ3n) is 2.49. The van der Waals surface area contributed by atoms with E-state index in [0.29, 0.717) is 16.7 Å². The molecule has 2 rings (SSSR count). The van der Waals surface area contributed by atoms with Crippen LogP contribution in [0.2, 0.25) is 5.02 Å². The van der Waals surface area contributed by atoms with Gasteiger partial charge in [-0.15, -0.1) is 0 Å². The summed E-state index contributed by atoms with van der Waals surface area (Å²) in [7, 11) is 0. The van der Waals surface area contributed by atoms with Crippen LogP contribution in [0.4, 0.5) is 0 Å². The lowest BCUT2D eigenvalue weighted by atomic mass is 9.98. The minimum Gasteiger partial charge on any atom is -0.508 e. The summed E-state index contributed by atoms with van der Waals surface area (Å²) < 4.78 is 0. The molecular weight excluding hydrogens is 186 g/mol. The van der Waals surface area contributed by atoms with Gasteiger partial charge in [0.1, 0.15) is 5.75 Å². The first-order valence-electron chi connectivity index (χ1n) is 4.46. The number of aromatic hydroxyl groups is 1. The topological polar surface area (TPSA) is 32.3 Å². The highest BCUT2D eigenvalue weighted by atomic mass is 35.5. The molecule has 1 heterocycles. The van der Waals surface area contributed by atoms with Gasteiger partial charge in [-0.2, -0.15) is 0 Å². The Morgan fingerprint density at radius 3 is 3.00 bits per heavy atom. The van der Waals surface area contributed by atoms with E-state index < -0.39 is 0 Å². The summed E-state index contributed by atoms with van der Waals surface area (Å²) in [6, 6.07) is 5.23. The van der Waals surface area contributed by atoms with Crippen molar-refractivity contribution in [1.29, 1.82) is 0 Å². The van der Waals surface area contributed by atoms with Crippen LogP contribution in [0.25, 0.3) is 0 Å². The number of phenolic OH excluding ortho intramolecular Hbond substituents is 1. The molecule has 1 aliphatic rings. The van der Waals surface area contributed by atoms with Crippen LogP contribution in [-0.4, -0.2) is 18.2 Å². The maximum Gasteiger partial charge on any atom is 0.119 e. The molecule has 0 radical (unpaired) electrons. The molecule has 2 N–H and O–H groups in total. The fourth-order valence-electron chi connectivity index (χ4n) is 1.77. The second kappa shape index (κ2) is 3.56. The summed E-state index contributed by atoms with van der Waals surface area (Å²) in [6.07, 6.45) is 1.08. The first kappa shape index (κ1) is 8.85. The fourth-order valence-corrected chi connectivity index (χ4v) is 1.95. The zero-order chi connectivity index (χ0) is 9.26. The van der Waals surface area contributed by atoms with E-state index in [-0.39, 0.29) is 0 Å². The Morgan fingerprint density at radius 1 is 1.46 bits per heavy atom. The van der Waals surface area contributed by atoms with E-state index in [4.69, 9.17) is 11.6 Å². The number of phenols is 1. The third kappa shape index (κ3) is 1.79. The van der Waals surface area contributed by atoms with E-state index in [0.717, 1.165) is 25.1 Å². The Labute approximate surface area is 82.5 Å². The normalized spacial score (nSPS) is 22.1. The molecule has 0 spiro atoms. The van der Waals surface area contributed by atoms with E-state index in [1.54, 1.807) is 12.1 Å². The number of hydrogen-bond acceptors (Lipinski definition) is 2. The van der Waals surface area contributed by atoms with Gasteiger partial charge in [-0.25, -0.2) is 0 Å². The SMILES string of the molecule is Oc1ccc(Cl)cc1[C@@H]1CCNC1. The van der Waals surface area contributed by atoms with E-state index >= 15 is 0 Å². The molecule has 0 aromatic heterocycles. The van der Waals surface area contributed by atoms with Crippen molar-refractivity contribution in [3.05, 3.63) is 28.8 Å². The van der Waals surface area contributed by atoms with Gasteiger partial charge in [0.25, 0.3) is 0 Å². The van der Waals surface area contributed by atoms with E-state index in [9.17, 15) is 5.11 Å². The molecule has 0 unspecified atom stereocenters. The summed E-state index contributed by atoms with van der Waals surface area (Å²) in [5.41, 5.74) is 0.970. The number of benzene rings is 1. The zero-order valence-electron chi connectivity index (χ0n) is 7.26. The van der Waals surface area contributed by atoms with Crippen LogP contribution in [0, 0.1) is 0 Å². The van der Waals surface area contributed by atoms with Crippen LogP contribution in [0.5, 0.6) is 5.75 Å². The maximum atomic E-state index is 9.61. The van der Waals surface area contributed by atoms with E-state index in [1.165, 1.54) is 0 Å². The Bertz CT molecular complexity index is 308. The summed E-state index contributed by atoms with van der Waals surface area (Å²) in [6.45, 7) is 1.96. The van der Waals surface area contributed by atoms with Gasteiger partial charge in [0, 0.05) is 17.5 Å². The number of rotatable bonds is 1. The Hall–Kier alpha value is -0.730. The highest BCUT2D eigenvalue weighted by Gasteiger charge is 2.19. The summed E-state index contributed by atoms with van der Waals surface area (Å²) in [5.74, 6) is 0.775. The Morgan fingerprint density at radius 2 is 2.31 bits per heavy atom. The van der Waals surface area contributed by atoms with Gasteiger partial charge in [-0.05, 0) is 36.7 Å². The summed E-state index contributed by atoms with van der Waals surface area (Å²) >= 11 is 5.86. The molecule has 0 saturated carbocycles. The molecule has 0 aliphatic carbocycles. The molecule has 0 amide bonds. The zero-order valence-corrected chi connectivity index (χ0v) is 8.01. The van der Waals surface area contributed by atoms with Crippen molar-refractivity contribution in [2.75, 3.05) is 13.1 Å². The molecule has 1 aromatic carbocycles. The summed E-state index contributed by atoms with van der Waals surface area (Å²) in [4.78, 5) is 0. The predicted octanol–water partition coefficient (Wildman–Crippen LogP) is 2.12. The lowest BCUT2D eigenvalue weighted by Gasteiger charge is -2.10. The average Bonchev–Trinajstić information content (AvgIpc) is 2.61. The van der Waals surface area contributed by atoms with Crippen LogP contribution in [0.15, 0.2) is 18.2 Å². The fraction of sp³-hybridized carbons (Fsp3) is 0.400. The van der Waals surface area contributed by atoms with Gasteiger partial charge < -0.3 is 10.4 Å². The highest BCUT2D eigenvalue weighted by Crippen LogP contribution is 2.31. The van der Waals surface area contributed by atoms with Gasteiger partial charge in [0.15, 0.2) is 0 Å². The van der Waals surface area contributed by atoms with Gasteiger partial charge in [0.2, 0.25) is 0 Å². The number of hydrogen-bond donors (Lipinski definition) is 2. The van der Waals surface area contributed by atoms with Crippen LogP contribution in [-0.2, 0) is 0 Å². The van der Waals surface area contributed by atoms with Crippen LogP contribution in [0.3, 0.4) is 0 Å². The summed E-state index contributed by atoms with van der Waals surface area (Å²) in [5, 5.41) is 13.6. The van der Waals surface area contributed by atoms with Crippen molar-refractivity contribution in [2.45, 2.75) is 12.3 Å². The quantitative estimate of drug-likeness (QED) is 0.723. The molecule has 13 heavy (non-hydrogen) atoms. The first-order valence-corrected chi connectivity index (χ1v) is 4.84. The van der Waals surface area contributed by atoms with Crippen molar-refractivity contribution in [3.8, 4) is 5.75 Å². The molecule has 1 saturated heterocycles. The Kier molecular flexibility index (Phi) is 2.42. The van der Waals surface area contributed by atoms with Crippen LogP contribution >= 0.6 is 11.6 Å². The van der Waals surface area contributed by atoms with E-state index in [1.807, 2.05) is 6.07 Å². The van der Waals surface area contributed by atoms with Gasteiger partial charge in [-0.3, -0.25) is 0 Å². The lowest BCUT2D eigenvalue weighted by molar-refractivity contribution is 0.463. The second-order valence-electron chi connectivity index (χ2n) is 3.39. The largest absolute Gasteiger partial charge is 0.508 e. The second-order valence-corrected chi connectivity index (χ2v) is 3.83. The predicted molar refractivity (Wildman–Crippen MR) is 53.3 cm³/mol. The molecule has 1 atom stereocenters. The average molecular weight is 198 g/mol. The monoisotopic (exact) mass is 197 g/mol. The van der Waals surface area contributed by atoms with Crippen molar-refractivity contribution in [1.82, 2.24) is 5.32 Å². The minimum absolute atomic E-state index is 0.359. The third-order valence-corrected chi connectivity index (χ3v) is 2.72. The maximum absolute atomic E-state index is 9.61. The molecule has 1 aliphatic heterocycles. The van der Waals surface area contributed by atoms with Gasteiger partial charge in [-0.1, -0.05) is 11.6 Å². The molecule has 1 fully saturated rings. The lowest BCUT2D eigenvalue weighted by Crippen LogP contribution is -2.07. The number of halogens is 1. The van der Waals surface area contributed by atoms with Crippen LogP contribution in [0.1, 0.15) is 17.9 Å². The standard InChI is InChI=1S/C10H12ClNO/c11-8-1-2-10(13)9(5-8)7-3-4-12-6-7/h1-2,5,7,12-13H,3-4,6H2/t7-/m1/s1. The van der Waals surface area contributed by atoms with Gasteiger partial charge >= 0.3 is 0 Å². The van der Waals surface area contributed by atoms with Crippen LogP contribution < -0.4 is 5.32 Å². The first-order chi connectivity index (χ1) is 6.27.